The molecule has 1 aromatic rings. The molecule has 1 unspecified atom stereocenters. The van der Waals surface area contributed by atoms with Gasteiger partial charge in [-0.2, -0.15) is 4.37 Å². The third-order valence-corrected chi connectivity index (χ3v) is 3.07. The van der Waals surface area contributed by atoms with Gasteiger partial charge in [0.25, 0.3) is 0 Å². The van der Waals surface area contributed by atoms with Crippen molar-refractivity contribution in [2.24, 2.45) is 5.92 Å². The standard InChI is InChI=1S/C10H18ClN3S/c1-3-4-9-13-10(15-14-9)12-7-8(2)5-6-11/h8H,3-7H2,1-2H3,(H,12,13,14). The van der Waals surface area contributed by atoms with Gasteiger partial charge in [-0.25, -0.2) is 4.98 Å². The van der Waals surface area contributed by atoms with Crippen molar-refractivity contribution < 1.29 is 0 Å². The molecule has 1 aromatic heterocycles. The molecule has 0 amide bonds. The largest absolute Gasteiger partial charge is 0.360 e. The lowest BCUT2D eigenvalue weighted by Gasteiger charge is -2.08. The maximum absolute atomic E-state index is 5.67. The van der Waals surface area contributed by atoms with E-state index in [0.29, 0.717) is 5.92 Å². The molecule has 0 saturated carbocycles. The lowest BCUT2D eigenvalue weighted by molar-refractivity contribution is 0.596. The van der Waals surface area contributed by atoms with E-state index < -0.39 is 0 Å². The van der Waals surface area contributed by atoms with Gasteiger partial charge in [-0.1, -0.05) is 13.8 Å². The van der Waals surface area contributed by atoms with Gasteiger partial charge in [-0.05, 0) is 18.8 Å². The first-order valence-electron chi connectivity index (χ1n) is 5.38. The van der Waals surface area contributed by atoms with Crippen LogP contribution in [0.4, 0.5) is 5.13 Å². The van der Waals surface area contributed by atoms with Crippen molar-refractivity contribution in [1.29, 1.82) is 0 Å². The quantitative estimate of drug-likeness (QED) is 0.753. The Balaban J connectivity index is 2.30. The number of hydrogen-bond donors (Lipinski definition) is 1. The summed E-state index contributed by atoms with van der Waals surface area (Å²) >= 11 is 7.11. The summed E-state index contributed by atoms with van der Waals surface area (Å²) in [6, 6.07) is 0. The number of aryl methyl sites for hydroxylation is 1. The van der Waals surface area contributed by atoms with Crippen molar-refractivity contribution in [2.45, 2.75) is 33.1 Å². The molecule has 0 aliphatic rings. The second-order valence-corrected chi connectivity index (χ2v) is 4.86. The molecule has 0 aromatic carbocycles. The fourth-order valence-electron chi connectivity index (χ4n) is 1.20. The Hall–Kier alpha value is -0.350. The van der Waals surface area contributed by atoms with Crippen molar-refractivity contribution in [3.63, 3.8) is 0 Å². The van der Waals surface area contributed by atoms with Gasteiger partial charge in [-0.15, -0.1) is 11.6 Å². The van der Waals surface area contributed by atoms with Crippen LogP contribution >= 0.6 is 23.1 Å². The highest BCUT2D eigenvalue weighted by Crippen LogP contribution is 2.13. The summed E-state index contributed by atoms with van der Waals surface area (Å²) in [6.45, 7) is 5.24. The van der Waals surface area contributed by atoms with Crippen LogP contribution < -0.4 is 5.32 Å². The molecule has 0 spiro atoms. The molecule has 0 radical (unpaired) electrons. The Labute approximate surface area is 100 Å². The van der Waals surface area contributed by atoms with Gasteiger partial charge in [0.05, 0.1) is 0 Å². The van der Waals surface area contributed by atoms with Crippen LogP contribution in [0.15, 0.2) is 0 Å². The van der Waals surface area contributed by atoms with Crippen molar-refractivity contribution in [3.8, 4) is 0 Å². The lowest BCUT2D eigenvalue weighted by Crippen LogP contribution is -2.11. The van der Waals surface area contributed by atoms with Crippen LogP contribution in [0.5, 0.6) is 0 Å². The van der Waals surface area contributed by atoms with Crippen molar-refractivity contribution in [1.82, 2.24) is 9.36 Å². The van der Waals surface area contributed by atoms with E-state index in [2.05, 4.69) is 28.5 Å². The average molecular weight is 248 g/mol. The SMILES string of the molecule is CCCc1nsc(NCC(C)CCCl)n1. The number of rotatable bonds is 7. The summed E-state index contributed by atoms with van der Waals surface area (Å²) in [4.78, 5) is 4.40. The van der Waals surface area contributed by atoms with Crippen molar-refractivity contribution in [3.05, 3.63) is 5.82 Å². The predicted octanol–water partition coefficient (Wildman–Crippen LogP) is 3.17. The van der Waals surface area contributed by atoms with E-state index in [1.807, 2.05) is 0 Å². The predicted molar refractivity (Wildman–Crippen MR) is 66.9 cm³/mol. The van der Waals surface area contributed by atoms with Crippen molar-refractivity contribution in [2.75, 3.05) is 17.7 Å². The molecular weight excluding hydrogens is 230 g/mol. The van der Waals surface area contributed by atoms with Crippen LogP contribution in [0.3, 0.4) is 0 Å². The van der Waals surface area contributed by atoms with E-state index in [9.17, 15) is 0 Å². The number of hydrogen-bond acceptors (Lipinski definition) is 4. The molecule has 0 aliphatic heterocycles. The molecule has 5 heteroatoms. The van der Waals surface area contributed by atoms with Crippen LogP contribution in [-0.2, 0) is 6.42 Å². The number of nitrogens with zero attached hydrogens (tertiary/aromatic N) is 2. The molecular formula is C10H18ClN3S. The fraction of sp³-hybridized carbons (Fsp3) is 0.800. The Bertz CT molecular complexity index is 277. The maximum atomic E-state index is 5.67. The molecule has 1 atom stereocenters. The van der Waals surface area contributed by atoms with Crippen LogP contribution in [0.25, 0.3) is 0 Å². The van der Waals surface area contributed by atoms with Crippen molar-refractivity contribution >= 4 is 28.3 Å². The highest BCUT2D eigenvalue weighted by Gasteiger charge is 2.05. The lowest BCUT2D eigenvalue weighted by atomic mass is 10.1. The topological polar surface area (TPSA) is 37.8 Å². The number of aromatic nitrogens is 2. The third kappa shape index (κ3) is 4.80. The van der Waals surface area contributed by atoms with E-state index in [1.54, 1.807) is 0 Å². The van der Waals surface area contributed by atoms with Gasteiger partial charge < -0.3 is 5.32 Å². The van der Waals surface area contributed by atoms with Crippen LogP contribution in [0.2, 0.25) is 0 Å². The van der Waals surface area contributed by atoms with Crippen LogP contribution in [0.1, 0.15) is 32.5 Å². The minimum absolute atomic E-state index is 0.584. The minimum Gasteiger partial charge on any atom is -0.360 e. The van der Waals surface area contributed by atoms with E-state index in [0.717, 1.165) is 42.6 Å². The molecule has 0 bridgehead atoms. The number of anilines is 1. The van der Waals surface area contributed by atoms with E-state index in [4.69, 9.17) is 11.6 Å². The molecule has 3 nitrogen and oxygen atoms in total. The van der Waals surface area contributed by atoms with Gasteiger partial charge in [0.2, 0.25) is 5.13 Å². The summed E-state index contributed by atoms with van der Waals surface area (Å²) < 4.78 is 4.27. The van der Waals surface area contributed by atoms with E-state index in [-0.39, 0.29) is 0 Å². The second kappa shape index (κ2) is 7.01. The first-order chi connectivity index (χ1) is 7.26. The molecule has 0 aliphatic carbocycles. The zero-order valence-corrected chi connectivity index (χ0v) is 10.9. The maximum Gasteiger partial charge on any atom is 0.202 e. The van der Waals surface area contributed by atoms with Gasteiger partial charge in [0.1, 0.15) is 5.82 Å². The summed E-state index contributed by atoms with van der Waals surface area (Å²) in [7, 11) is 0. The van der Waals surface area contributed by atoms with Crippen LogP contribution in [-0.4, -0.2) is 21.8 Å². The Morgan fingerprint density at radius 2 is 2.33 bits per heavy atom. The van der Waals surface area contributed by atoms with E-state index in [1.165, 1.54) is 11.5 Å². The molecule has 15 heavy (non-hydrogen) atoms. The monoisotopic (exact) mass is 247 g/mol. The molecule has 1 heterocycles. The Morgan fingerprint density at radius 1 is 1.53 bits per heavy atom. The number of alkyl halides is 1. The highest BCUT2D eigenvalue weighted by atomic mass is 35.5. The first-order valence-corrected chi connectivity index (χ1v) is 6.69. The molecule has 0 fully saturated rings. The third-order valence-electron chi connectivity index (χ3n) is 2.15. The van der Waals surface area contributed by atoms with E-state index >= 15 is 0 Å². The van der Waals surface area contributed by atoms with Gasteiger partial charge in [-0.3, -0.25) is 0 Å². The second-order valence-electron chi connectivity index (χ2n) is 3.73. The van der Waals surface area contributed by atoms with Crippen LogP contribution in [0, 0.1) is 5.92 Å². The Kier molecular flexibility index (Phi) is 5.95. The van der Waals surface area contributed by atoms with Gasteiger partial charge in [0.15, 0.2) is 0 Å². The summed E-state index contributed by atoms with van der Waals surface area (Å²) in [5.74, 6) is 2.26. The fourth-order valence-corrected chi connectivity index (χ4v) is 2.19. The number of nitrogens with one attached hydrogen (secondary N) is 1. The van der Waals surface area contributed by atoms with Gasteiger partial charge in [0, 0.05) is 30.4 Å². The molecule has 1 rings (SSSR count). The minimum atomic E-state index is 0.584. The highest BCUT2D eigenvalue weighted by molar-refractivity contribution is 7.09. The summed E-state index contributed by atoms with van der Waals surface area (Å²) in [5.41, 5.74) is 0. The molecule has 86 valence electrons. The normalized spacial score (nSPS) is 12.7. The van der Waals surface area contributed by atoms with Gasteiger partial charge >= 0.3 is 0 Å². The average Bonchev–Trinajstić information content (AvgIpc) is 2.64. The molecule has 1 N–H and O–H groups in total. The smallest absolute Gasteiger partial charge is 0.202 e. The summed E-state index contributed by atoms with van der Waals surface area (Å²) in [5, 5.41) is 4.22. The first kappa shape index (κ1) is 12.7. The zero-order chi connectivity index (χ0) is 11.1. The molecule has 0 saturated heterocycles. The Morgan fingerprint density at radius 3 is 3.00 bits per heavy atom. The zero-order valence-electron chi connectivity index (χ0n) is 9.29. The number of halogens is 1. The summed E-state index contributed by atoms with van der Waals surface area (Å²) in [6.07, 6.45) is 3.10.